The van der Waals surface area contributed by atoms with Gasteiger partial charge < -0.3 is 10.1 Å². The Morgan fingerprint density at radius 3 is 2.60 bits per heavy atom. The monoisotopic (exact) mass is 360 g/mol. The van der Waals surface area contributed by atoms with Crippen LogP contribution in [0.25, 0.3) is 22.0 Å². The Balaban J connectivity index is 1.68. The fourth-order valence-corrected chi connectivity index (χ4v) is 4.71. The Morgan fingerprint density at radius 1 is 1.16 bits per heavy atom. The summed E-state index contributed by atoms with van der Waals surface area (Å²) in [5, 5.41) is 10.4. The van der Waals surface area contributed by atoms with Gasteiger partial charge in [-0.15, -0.1) is 0 Å². The molecule has 7 heteroatoms. The van der Waals surface area contributed by atoms with Crippen LogP contribution in [0.1, 0.15) is 6.42 Å². The number of nitrogens with zero attached hydrogens (tertiary/aromatic N) is 1. The van der Waals surface area contributed by atoms with Gasteiger partial charge in [0.1, 0.15) is 5.82 Å². The van der Waals surface area contributed by atoms with Crippen molar-refractivity contribution in [1.29, 1.82) is 0 Å². The second kappa shape index (κ2) is 5.94. The van der Waals surface area contributed by atoms with Crippen LogP contribution in [0.2, 0.25) is 0 Å². The quantitative estimate of drug-likeness (QED) is 0.754. The zero-order valence-electron chi connectivity index (χ0n) is 13.3. The zero-order valence-corrected chi connectivity index (χ0v) is 14.1. The molecule has 0 spiro atoms. The van der Waals surface area contributed by atoms with Gasteiger partial charge in [-0.25, -0.2) is 12.8 Å². The number of hydrogen-bond acceptors (Lipinski definition) is 3. The number of sulfonamides is 1. The minimum absolute atomic E-state index is 0.137. The van der Waals surface area contributed by atoms with Gasteiger partial charge in [0, 0.05) is 35.8 Å². The lowest BCUT2D eigenvalue weighted by atomic mass is 10.1. The maximum absolute atomic E-state index is 13.3. The lowest BCUT2D eigenvalue weighted by molar-refractivity contribution is 0.189. The number of H-pyrrole nitrogens is 1. The second-order valence-electron chi connectivity index (χ2n) is 6.22. The van der Waals surface area contributed by atoms with Crippen molar-refractivity contribution in [3.8, 4) is 11.1 Å². The number of halogens is 1. The molecule has 1 unspecified atom stereocenters. The third-order valence-corrected chi connectivity index (χ3v) is 6.45. The third kappa shape index (κ3) is 2.84. The number of rotatable bonds is 3. The lowest BCUT2D eigenvalue weighted by Gasteiger charge is -2.15. The minimum atomic E-state index is -3.59. The molecule has 0 radical (unpaired) electrons. The molecule has 1 saturated heterocycles. The van der Waals surface area contributed by atoms with E-state index in [0.717, 1.165) is 16.5 Å². The zero-order chi connectivity index (χ0) is 17.6. The SMILES string of the molecule is O=S(=O)(c1ccc(-c2c[nH]c3cc(F)ccc23)cc1)N1CCC(O)C1. The van der Waals surface area contributed by atoms with E-state index in [1.54, 1.807) is 36.5 Å². The number of benzene rings is 2. The molecule has 1 atom stereocenters. The molecule has 130 valence electrons. The molecule has 1 aromatic heterocycles. The summed E-state index contributed by atoms with van der Waals surface area (Å²) in [6.07, 6.45) is 1.65. The summed E-state index contributed by atoms with van der Waals surface area (Å²) in [6, 6.07) is 11.1. The van der Waals surface area contributed by atoms with Gasteiger partial charge in [0.2, 0.25) is 10.0 Å². The lowest BCUT2D eigenvalue weighted by Crippen LogP contribution is -2.29. The predicted octanol–water partition coefficient (Wildman–Crippen LogP) is 2.73. The Labute approximate surface area is 144 Å². The van der Waals surface area contributed by atoms with Crippen molar-refractivity contribution in [2.45, 2.75) is 17.4 Å². The molecule has 1 fully saturated rings. The molecule has 2 aromatic carbocycles. The number of β-amino-alcohol motifs (C(OH)–C–C–N with tert-alkyl or cyclic N) is 1. The van der Waals surface area contributed by atoms with Crippen molar-refractivity contribution in [3.63, 3.8) is 0 Å². The molecule has 0 aliphatic carbocycles. The van der Waals surface area contributed by atoms with Crippen LogP contribution < -0.4 is 0 Å². The Morgan fingerprint density at radius 2 is 1.92 bits per heavy atom. The number of aliphatic hydroxyl groups is 1. The van der Waals surface area contributed by atoms with Crippen LogP contribution >= 0.6 is 0 Å². The molecule has 0 amide bonds. The molecule has 25 heavy (non-hydrogen) atoms. The van der Waals surface area contributed by atoms with Crippen molar-refractivity contribution in [1.82, 2.24) is 9.29 Å². The highest BCUT2D eigenvalue weighted by Gasteiger charge is 2.31. The molecule has 4 rings (SSSR count). The standard InChI is InChI=1S/C18H17FN2O3S/c19-13-3-6-16-17(10-20-18(16)9-13)12-1-4-15(5-2-12)25(23,24)21-8-7-14(22)11-21/h1-6,9-10,14,20,22H,7-8,11H2. The first kappa shape index (κ1) is 16.3. The number of aliphatic hydroxyl groups excluding tert-OH is 1. The van der Waals surface area contributed by atoms with E-state index in [1.165, 1.54) is 16.4 Å². The molecule has 2 heterocycles. The topological polar surface area (TPSA) is 73.4 Å². The normalized spacial score (nSPS) is 18.9. The fourth-order valence-electron chi connectivity index (χ4n) is 3.22. The summed E-state index contributed by atoms with van der Waals surface area (Å²) < 4.78 is 39.8. The molecular formula is C18H17FN2O3S. The molecule has 1 aliphatic rings. The number of hydrogen-bond donors (Lipinski definition) is 2. The largest absolute Gasteiger partial charge is 0.392 e. The molecular weight excluding hydrogens is 343 g/mol. The van der Waals surface area contributed by atoms with Crippen LogP contribution in [-0.4, -0.2) is 42.0 Å². The first-order chi connectivity index (χ1) is 11.9. The third-order valence-electron chi connectivity index (χ3n) is 4.57. The Bertz CT molecular complexity index is 1030. The van der Waals surface area contributed by atoms with Crippen molar-refractivity contribution in [2.75, 3.05) is 13.1 Å². The second-order valence-corrected chi connectivity index (χ2v) is 8.16. The first-order valence-electron chi connectivity index (χ1n) is 8.00. The van der Waals surface area contributed by atoms with Gasteiger partial charge in [0.05, 0.1) is 11.0 Å². The number of nitrogens with one attached hydrogen (secondary N) is 1. The first-order valence-corrected chi connectivity index (χ1v) is 9.44. The van der Waals surface area contributed by atoms with Gasteiger partial charge in [-0.3, -0.25) is 0 Å². The van der Waals surface area contributed by atoms with Crippen molar-refractivity contribution in [2.24, 2.45) is 0 Å². The predicted molar refractivity (Wildman–Crippen MR) is 93.1 cm³/mol. The van der Waals surface area contributed by atoms with E-state index in [9.17, 15) is 17.9 Å². The number of aromatic nitrogens is 1. The van der Waals surface area contributed by atoms with Crippen molar-refractivity contribution in [3.05, 3.63) is 54.5 Å². The van der Waals surface area contributed by atoms with E-state index in [4.69, 9.17) is 0 Å². The van der Waals surface area contributed by atoms with Gasteiger partial charge in [-0.1, -0.05) is 12.1 Å². The van der Waals surface area contributed by atoms with Gasteiger partial charge >= 0.3 is 0 Å². The average molecular weight is 360 g/mol. The van der Waals surface area contributed by atoms with Crippen molar-refractivity contribution >= 4 is 20.9 Å². The fraction of sp³-hybridized carbons (Fsp3) is 0.222. The molecule has 0 bridgehead atoms. The Hall–Kier alpha value is -2.22. The van der Waals surface area contributed by atoms with E-state index in [0.29, 0.717) is 18.5 Å². The maximum Gasteiger partial charge on any atom is 0.243 e. The number of fused-ring (bicyclic) bond motifs is 1. The van der Waals surface area contributed by atoms with Crippen LogP contribution in [0.5, 0.6) is 0 Å². The minimum Gasteiger partial charge on any atom is -0.392 e. The van der Waals surface area contributed by atoms with Crippen molar-refractivity contribution < 1.29 is 17.9 Å². The summed E-state index contributed by atoms with van der Waals surface area (Å²) in [4.78, 5) is 3.23. The summed E-state index contributed by atoms with van der Waals surface area (Å²) in [6.45, 7) is 0.470. The molecule has 1 aliphatic heterocycles. The molecule has 3 aromatic rings. The van der Waals surface area contributed by atoms with E-state index in [-0.39, 0.29) is 17.3 Å². The highest BCUT2D eigenvalue weighted by atomic mass is 32.2. The van der Waals surface area contributed by atoms with Gasteiger partial charge in [-0.2, -0.15) is 4.31 Å². The number of aromatic amines is 1. The van der Waals surface area contributed by atoms with Crippen LogP contribution in [0.15, 0.2) is 53.6 Å². The summed E-state index contributed by atoms with van der Waals surface area (Å²) in [5.41, 5.74) is 2.42. The molecule has 2 N–H and O–H groups in total. The average Bonchev–Trinajstić information content (AvgIpc) is 3.21. The van der Waals surface area contributed by atoms with E-state index >= 15 is 0 Å². The van der Waals surface area contributed by atoms with Gasteiger partial charge in [-0.05, 0) is 42.3 Å². The van der Waals surface area contributed by atoms with E-state index in [2.05, 4.69) is 4.98 Å². The van der Waals surface area contributed by atoms with Crippen LogP contribution in [-0.2, 0) is 10.0 Å². The van der Waals surface area contributed by atoms with Crippen LogP contribution in [0, 0.1) is 5.82 Å². The highest BCUT2D eigenvalue weighted by Crippen LogP contribution is 2.30. The highest BCUT2D eigenvalue weighted by molar-refractivity contribution is 7.89. The maximum atomic E-state index is 13.3. The summed E-state index contributed by atoms with van der Waals surface area (Å²) in [7, 11) is -3.59. The molecule has 5 nitrogen and oxygen atoms in total. The van der Waals surface area contributed by atoms with E-state index < -0.39 is 16.1 Å². The van der Waals surface area contributed by atoms with Gasteiger partial charge in [0.15, 0.2) is 0 Å². The van der Waals surface area contributed by atoms with Gasteiger partial charge in [0.25, 0.3) is 0 Å². The summed E-state index contributed by atoms with van der Waals surface area (Å²) >= 11 is 0. The van der Waals surface area contributed by atoms with Crippen LogP contribution in [0.3, 0.4) is 0 Å². The summed E-state index contributed by atoms with van der Waals surface area (Å²) in [5.74, 6) is -0.310. The molecule has 0 saturated carbocycles. The smallest absolute Gasteiger partial charge is 0.243 e. The Kier molecular flexibility index (Phi) is 3.87. The van der Waals surface area contributed by atoms with Crippen LogP contribution in [0.4, 0.5) is 4.39 Å². The van der Waals surface area contributed by atoms with E-state index in [1.807, 2.05) is 0 Å².